The van der Waals surface area contributed by atoms with Crippen molar-refractivity contribution in [2.75, 3.05) is 13.1 Å². The van der Waals surface area contributed by atoms with Crippen molar-refractivity contribution in [3.05, 3.63) is 70.4 Å². The number of nitrogens with zero attached hydrogens (tertiary/aromatic N) is 4. The number of thiophene rings is 1. The molecule has 4 rings (SSSR count). The molecule has 3 aromatic heterocycles. The van der Waals surface area contributed by atoms with Crippen LogP contribution >= 0.6 is 11.3 Å². The molecule has 1 aliphatic heterocycles. The minimum absolute atomic E-state index is 0.00466. The monoisotopic (exact) mass is 595 g/mol. The average molecular weight is 596 g/mol. The topological polar surface area (TPSA) is 138 Å². The summed E-state index contributed by atoms with van der Waals surface area (Å²) >= 11 is 1.54. The fraction of sp³-hybridized carbons (Fsp3) is 0.348. The van der Waals surface area contributed by atoms with Crippen LogP contribution in [0.25, 0.3) is 0 Å². The molecule has 17 heteroatoms. The summed E-state index contributed by atoms with van der Waals surface area (Å²) in [6, 6.07) is 8.26. The van der Waals surface area contributed by atoms with Crippen molar-refractivity contribution >= 4 is 29.2 Å². The zero-order valence-corrected chi connectivity index (χ0v) is 21.2. The number of pyridine rings is 1. The normalized spacial score (nSPS) is 15.0. The quantitative estimate of drug-likeness (QED) is 0.364. The second-order valence-electron chi connectivity index (χ2n) is 8.11. The highest BCUT2D eigenvalue weighted by atomic mass is 32.1. The number of carbonyl (C=O) groups is 3. The first kappa shape index (κ1) is 32.2. The van der Waals surface area contributed by atoms with Crippen LogP contribution in [-0.4, -0.2) is 73.2 Å². The number of hydrogen-bond donors (Lipinski definition) is 3. The van der Waals surface area contributed by atoms with E-state index in [0.717, 1.165) is 31.6 Å². The molecule has 4 heterocycles. The van der Waals surface area contributed by atoms with Crippen LogP contribution in [0.15, 0.2) is 53.6 Å². The Morgan fingerprint density at radius 2 is 1.68 bits per heavy atom. The number of amides is 1. The molecule has 218 valence electrons. The van der Waals surface area contributed by atoms with Crippen molar-refractivity contribution in [3.8, 4) is 0 Å². The van der Waals surface area contributed by atoms with E-state index in [2.05, 4.69) is 37.1 Å². The number of fused-ring (bicyclic) bond motifs is 1. The van der Waals surface area contributed by atoms with Gasteiger partial charge in [-0.25, -0.2) is 9.59 Å². The van der Waals surface area contributed by atoms with E-state index in [9.17, 15) is 31.1 Å². The zero-order chi connectivity index (χ0) is 29.9. The molecule has 0 saturated heterocycles. The molecule has 0 fully saturated rings. The van der Waals surface area contributed by atoms with Crippen molar-refractivity contribution in [1.82, 2.24) is 25.0 Å². The Balaban J connectivity index is 0.000000333. The first-order valence-electron chi connectivity index (χ1n) is 11.2. The van der Waals surface area contributed by atoms with Crippen LogP contribution in [0.4, 0.5) is 26.3 Å². The second-order valence-corrected chi connectivity index (χ2v) is 8.89. The third-order valence-electron chi connectivity index (χ3n) is 5.11. The van der Waals surface area contributed by atoms with Gasteiger partial charge in [-0.2, -0.15) is 42.8 Å². The Morgan fingerprint density at radius 3 is 2.20 bits per heavy atom. The molecule has 0 aliphatic carbocycles. The van der Waals surface area contributed by atoms with Crippen LogP contribution in [0.3, 0.4) is 0 Å². The standard InChI is InChI=1S/C19H21N5OS.2C2HF3O2/c25-19(16-5-9-26-14-16)21-7-3-17-12-23(11-15-2-1-6-20-10-15)13-18-4-8-22-24(17)18;2*3-2(4,5)1(6)7/h1-2,4-6,8-10,14,17H,3,7,11-13H2,(H,21,25);2*(H,6,7). The lowest BCUT2D eigenvalue weighted by Crippen LogP contribution is -2.38. The highest BCUT2D eigenvalue weighted by Crippen LogP contribution is 2.24. The smallest absolute Gasteiger partial charge is 0.475 e. The number of carboxylic acid groups (broad SMARTS) is 2. The summed E-state index contributed by atoms with van der Waals surface area (Å²) in [5.74, 6) is -5.52. The van der Waals surface area contributed by atoms with Crippen molar-refractivity contribution in [3.63, 3.8) is 0 Å². The van der Waals surface area contributed by atoms with Gasteiger partial charge < -0.3 is 15.5 Å². The number of hydrogen-bond acceptors (Lipinski definition) is 7. The lowest BCUT2D eigenvalue weighted by atomic mass is 10.1. The number of rotatable bonds is 6. The van der Waals surface area contributed by atoms with Crippen molar-refractivity contribution in [1.29, 1.82) is 0 Å². The first-order valence-corrected chi connectivity index (χ1v) is 12.2. The van der Waals surface area contributed by atoms with Gasteiger partial charge >= 0.3 is 24.3 Å². The van der Waals surface area contributed by atoms with Gasteiger partial charge in [0, 0.05) is 55.7 Å². The average Bonchev–Trinajstić information content (AvgIpc) is 3.57. The van der Waals surface area contributed by atoms with E-state index < -0.39 is 24.3 Å². The molecular weight excluding hydrogens is 572 g/mol. The summed E-state index contributed by atoms with van der Waals surface area (Å²) in [4.78, 5) is 36.5. The third-order valence-corrected chi connectivity index (χ3v) is 5.80. The summed E-state index contributed by atoms with van der Waals surface area (Å²) in [6.07, 6.45) is -3.73. The van der Waals surface area contributed by atoms with Gasteiger partial charge in [0.05, 0.1) is 11.7 Å². The number of alkyl halides is 6. The fourth-order valence-corrected chi connectivity index (χ4v) is 4.03. The van der Waals surface area contributed by atoms with Gasteiger partial charge in [-0.15, -0.1) is 0 Å². The summed E-state index contributed by atoms with van der Waals surface area (Å²) in [5, 5.41) is 25.6. The van der Waals surface area contributed by atoms with Gasteiger partial charge in [-0.3, -0.25) is 19.4 Å². The largest absolute Gasteiger partial charge is 0.490 e. The van der Waals surface area contributed by atoms with Crippen LogP contribution in [0, 0.1) is 0 Å². The first-order chi connectivity index (χ1) is 18.7. The summed E-state index contributed by atoms with van der Waals surface area (Å²) in [5.41, 5.74) is 3.16. The van der Waals surface area contributed by atoms with Crippen LogP contribution in [0.1, 0.15) is 34.1 Å². The Morgan fingerprint density at radius 1 is 1.02 bits per heavy atom. The Bertz CT molecular complexity index is 1210. The SMILES string of the molecule is O=C(NCCC1CN(Cc2cccnc2)Cc2ccnn21)c1ccsc1.O=C(O)C(F)(F)F.O=C(O)C(F)(F)F. The molecule has 1 aliphatic rings. The molecule has 3 N–H and O–H groups in total. The van der Waals surface area contributed by atoms with Gasteiger partial charge in [-0.05, 0) is 35.6 Å². The van der Waals surface area contributed by atoms with E-state index in [4.69, 9.17) is 19.8 Å². The van der Waals surface area contributed by atoms with Crippen LogP contribution < -0.4 is 5.32 Å². The molecule has 10 nitrogen and oxygen atoms in total. The molecule has 1 atom stereocenters. The Hall–Kier alpha value is -3.99. The van der Waals surface area contributed by atoms with Crippen LogP contribution in [-0.2, 0) is 22.7 Å². The maximum Gasteiger partial charge on any atom is 0.490 e. The van der Waals surface area contributed by atoms with E-state index in [1.165, 1.54) is 22.6 Å². The molecule has 0 aromatic carbocycles. The Labute approximate surface area is 226 Å². The highest BCUT2D eigenvalue weighted by molar-refractivity contribution is 7.08. The molecule has 1 amide bonds. The number of carbonyl (C=O) groups excluding carboxylic acids is 1. The molecule has 40 heavy (non-hydrogen) atoms. The van der Waals surface area contributed by atoms with E-state index >= 15 is 0 Å². The van der Waals surface area contributed by atoms with Crippen molar-refractivity contribution in [2.45, 2.75) is 37.9 Å². The summed E-state index contributed by atoms with van der Waals surface area (Å²) in [7, 11) is 0. The predicted octanol–water partition coefficient (Wildman–Crippen LogP) is 3.98. The number of aromatic nitrogens is 3. The van der Waals surface area contributed by atoms with Gasteiger partial charge in [-0.1, -0.05) is 6.07 Å². The van der Waals surface area contributed by atoms with Crippen molar-refractivity contribution < 1.29 is 50.9 Å². The maximum atomic E-state index is 12.1. The lowest BCUT2D eigenvalue weighted by Gasteiger charge is -2.34. The highest BCUT2D eigenvalue weighted by Gasteiger charge is 2.38. The van der Waals surface area contributed by atoms with Gasteiger partial charge in [0.15, 0.2) is 0 Å². The van der Waals surface area contributed by atoms with E-state index in [-0.39, 0.29) is 11.9 Å². The molecule has 0 radical (unpaired) electrons. The number of aliphatic carboxylic acids is 2. The van der Waals surface area contributed by atoms with E-state index in [1.807, 2.05) is 35.3 Å². The molecule has 1 unspecified atom stereocenters. The minimum Gasteiger partial charge on any atom is -0.475 e. The third kappa shape index (κ3) is 10.6. The van der Waals surface area contributed by atoms with Gasteiger partial charge in [0.25, 0.3) is 5.91 Å². The van der Waals surface area contributed by atoms with E-state index in [0.29, 0.717) is 6.54 Å². The zero-order valence-electron chi connectivity index (χ0n) is 20.4. The van der Waals surface area contributed by atoms with Crippen molar-refractivity contribution in [2.24, 2.45) is 0 Å². The molecular formula is C23H23F6N5O5S. The lowest BCUT2D eigenvalue weighted by molar-refractivity contribution is -0.193. The summed E-state index contributed by atoms with van der Waals surface area (Å²) < 4.78 is 65.6. The Kier molecular flexibility index (Phi) is 11.6. The van der Waals surface area contributed by atoms with Gasteiger partial charge in [0.2, 0.25) is 0 Å². The molecule has 0 spiro atoms. The fourth-order valence-electron chi connectivity index (χ4n) is 3.40. The molecule has 3 aromatic rings. The number of halogens is 6. The summed E-state index contributed by atoms with van der Waals surface area (Å²) in [6.45, 7) is 3.31. The second kappa shape index (κ2) is 14.4. The van der Waals surface area contributed by atoms with Crippen LogP contribution in [0.2, 0.25) is 0 Å². The molecule has 0 saturated carbocycles. The predicted molar refractivity (Wildman–Crippen MR) is 128 cm³/mol. The number of carboxylic acids is 2. The van der Waals surface area contributed by atoms with Crippen LogP contribution in [0.5, 0.6) is 0 Å². The minimum atomic E-state index is -5.08. The van der Waals surface area contributed by atoms with E-state index in [1.54, 1.807) is 6.20 Å². The maximum absolute atomic E-state index is 12.1. The molecule has 0 bridgehead atoms. The van der Waals surface area contributed by atoms with Gasteiger partial charge in [0.1, 0.15) is 0 Å². The number of nitrogens with one attached hydrogen (secondary N) is 1.